The van der Waals surface area contributed by atoms with Crippen LogP contribution in [0.1, 0.15) is 30.9 Å². The number of aryl methyl sites for hydroxylation is 1. The fourth-order valence-corrected chi connectivity index (χ4v) is 2.82. The van der Waals surface area contributed by atoms with Crippen molar-refractivity contribution in [2.45, 2.75) is 44.8 Å². The van der Waals surface area contributed by atoms with Gasteiger partial charge in [0.2, 0.25) is 0 Å². The van der Waals surface area contributed by atoms with E-state index in [1.807, 2.05) is 0 Å². The lowest BCUT2D eigenvalue weighted by Gasteiger charge is -2.20. The summed E-state index contributed by atoms with van der Waals surface area (Å²) < 4.78 is 2.12. The van der Waals surface area contributed by atoms with Gasteiger partial charge in [0.25, 0.3) is 0 Å². The number of likely N-dealkylation sites (tertiary alicyclic amines) is 1. The molecular weight excluding hydrogens is 216 g/mol. The summed E-state index contributed by atoms with van der Waals surface area (Å²) >= 11 is 0. The van der Waals surface area contributed by atoms with E-state index in [-0.39, 0.29) is 6.10 Å². The average molecular weight is 236 g/mol. The second-order valence-electron chi connectivity index (χ2n) is 5.13. The number of hydrogen-bond donors (Lipinski definition) is 1. The molecule has 0 bridgehead atoms. The summed E-state index contributed by atoms with van der Waals surface area (Å²) in [7, 11) is 0. The van der Waals surface area contributed by atoms with Gasteiger partial charge in [0.1, 0.15) is 11.6 Å². The van der Waals surface area contributed by atoms with Gasteiger partial charge in [0.05, 0.1) is 12.6 Å². The van der Waals surface area contributed by atoms with Gasteiger partial charge in [-0.15, -0.1) is 10.2 Å². The molecule has 1 atom stereocenters. The molecule has 1 fully saturated rings. The fraction of sp³-hybridized carbons (Fsp3) is 0.833. The lowest BCUT2D eigenvalue weighted by molar-refractivity contribution is 0.128. The van der Waals surface area contributed by atoms with E-state index in [1.54, 1.807) is 0 Å². The Hall–Kier alpha value is -0.940. The van der Waals surface area contributed by atoms with Gasteiger partial charge in [-0.25, -0.2) is 0 Å². The number of aromatic nitrogens is 3. The summed E-state index contributed by atoms with van der Waals surface area (Å²) in [4.78, 5) is 2.49. The highest BCUT2D eigenvalue weighted by molar-refractivity contribution is 5.01. The van der Waals surface area contributed by atoms with Gasteiger partial charge in [-0.1, -0.05) is 0 Å². The lowest BCUT2D eigenvalue weighted by Crippen LogP contribution is -2.27. The molecule has 5 heteroatoms. The van der Waals surface area contributed by atoms with Gasteiger partial charge in [-0.05, 0) is 32.4 Å². The highest BCUT2D eigenvalue weighted by Gasteiger charge is 2.21. The number of aliphatic hydroxyl groups excluding tert-OH is 1. The Kier molecular flexibility index (Phi) is 3.11. The number of nitrogens with zero attached hydrogens (tertiary/aromatic N) is 4. The second-order valence-corrected chi connectivity index (χ2v) is 5.13. The molecule has 1 unspecified atom stereocenters. The molecule has 0 aliphatic carbocycles. The summed E-state index contributed by atoms with van der Waals surface area (Å²) in [6.45, 7) is 4.21. The van der Waals surface area contributed by atoms with Crippen LogP contribution in [0.4, 0.5) is 0 Å². The van der Waals surface area contributed by atoms with Crippen molar-refractivity contribution in [2.24, 2.45) is 0 Å². The Labute approximate surface area is 101 Å². The van der Waals surface area contributed by atoms with Crippen molar-refractivity contribution >= 4 is 0 Å². The van der Waals surface area contributed by atoms with Crippen LogP contribution in [0.15, 0.2) is 0 Å². The maximum atomic E-state index is 9.69. The van der Waals surface area contributed by atoms with Crippen molar-refractivity contribution in [3.63, 3.8) is 0 Å². The molecule has 94 valence electrons. The largest absolute Gasteiger partial charge is 0.391 e. The van der Waals surface area contributed by atoms with Crippen molar-refractivity contribution < 1.29 is 5.11 Å². The van der Waals surface area contributed by atoms with Crippen LogP contribution in [-0.2, 0) is 19.4 Å². The zero-order valence-corrected chi connectivity index (χ0v) is 10.2. The van der Waals surface area contributed by atoms with Gasteiger partial charge in [0, 0.05) is 19.4 Å². The van der Waals surface area contributed by atoms with E-state index in [9.17, 15) is 5.11 Å². The van der Waals surface area contributed by atoms with E-state index < -0.39 is 0 Å². The molecule has 0 amide bonds. The maximum absolute atomic E-state index is 9.69. The van der Waals surface area contributed by atoms with Crippen LogP contribution in [-0.4, -0.2) is 50.5 Å². The minimum atomic E-state index is -0.218. The monoisotopic (exact) mass is 236 g/mol. The minimum Gasteiger partial charge on any atom is -0.391 e. The zero-order chi connectivity index (χ0) is 11.7. The molecule has 0 spiro atoms. The SMILES string of the molecule is OC1CCc2nnc(CCN3CCCC3)n2C1. The summed E-state index contributed by atoms with van der Waals surface area (Å²) in [6, 6.07) is 0. The third-order valence-electron chi connectivity index (χ3n) is 3.85. The van der Waals surface area contributed by atoms with Crippen molar-refractivity contribution in [3.8, 4) is 0 Å². The molecule has 0 aromatic carbocycles. The minimum absolute atomic E-state index is 0.218. The van der Waals surface area contributed by atoms with Crippen LogP contribution in [0.25, 0.3) is 0 Å². The summed E-state index contributed by atoms with van der Waals surface area (Å²) in [5.41, 5.74) is 0. The predicted octanol–water partition coefficient (Wildman–Crippen LogP) is 0.223. The average Bonchev–Trinajstić information content (AvgIpc) is 2.94. The summed E-state index contributed by atoms with van der Waals surface area (Å²) in [5.74, 6) is 2.09. The highest BCUT2D eigenvalue weighted by atomic mass is 16.3. The Bertz CT molecular complexity index is 384. The van der Waals surface area contributed by atoms with Gasteiger partial charge in [-0.2, -0.15) is 0 Å². The molecule has 1 saturated heterocycles. The van der Waals surface area contributed by atoms with Gasteiger partial charge < -0.3 is 14.6 Å². The third kappa shape index (κ3) is 2.35. The van der Waals surface area contributed by atoms with Crippen LogP contribution in [0, 0.1) is 0 Å². The molecular formula is C12H20N4O. The molecule has 2 aliphatic heterocycles. The van der Waals surface area contributed by atoms with E-state index in [0.29, 0.717) is 6.54 Å². The van der Waals surface area contributed by atoms with Crippen molar-refractivity contribution in [1.29, 1.82) is 0 Å². The van der Waals surface area contributed by atoms with Crippen LogP contribution < -0.4 is 0 Å². The molecule has 5 nitrogen and oxygen atoms in total. The van der Waals surface area contributed by atoms with Crippen LogP contribution >= 0.6 is 0 Å². The second kappa shape index (κ2) is 4.74. The summed E-state index contributed by atoms with van der Waals surface area (Å²) in [6.07, 6.45) is 5.08. The van der Waals surface area contributed by atoms with Gasteiger partial charge in [-0.3, -0.25) is 0 Å². The zero-order valence-electron chi connectivity index (χ0n) is 10.2. The maximum Gasteiger partial charge on any atom is 0.134 e. The Morgan fingerprint density at radius 2 is 2.06 bits per heavy atom. The van der Waals surface area contributed by atoms with Crippen molar-refractivity contribution in [3.05, 3.63) is 11.6 Å². The lowest BCUT2D eigenvalue weighted by atomic mass is 10.1. The first-order chi connectivity index (χ1) is 8.33. The molecule has 17 heavy (non-hydrogen) atoms. The molecule has 1 N–H and O–H groups in total. The number of aliphatic hydroxyl groups is 1. The van der Waals surface area contributed by atoms with E-state index >= 15 is 0 Å². The van der Waals surface area contributed by atoms with Gasteiger partial charge >= 0.3 is 0 Å². The first-order valence-electron chi connectivity index (χ1n) is 6.64. The van der Waals surface area contributed by atoms with Crippen LogP contribution in [0.3, 0.4) is 0 Å². The number of rotatable bonds is 3. The number of fused-ring (bicyclic) bond motifs is 1. The first-order valence-corrected chi connectivity index (χ1v) is 6.64. The van der Waals surface area contributed by atoms with Crippen molar-refractivity contribution in [2.75, 3.05) is 19.6 Å². The molecule has 1 aromatic heterocycles. The smallest absolute Gasteiger partial charge is 0.134 e. The fourth-order valence-electron chi connectivity index (χ4n) is 2.82. The Morgan fingerprint density at radius 3 is 2.88 bits per heavy atom. The van der Waals surface area contributed by atoms with Crippen LogP contribution in [0.2, 0.25) is 0 Å². The first kappa shape index (κ1) is 11.2. The molecule has 1 aromatic rings. The molecule has 3 heterocycles. The third-order valence-corrected chi connectivity index (χ3v) is 3.85. The molecule has 2 aliphatic rings. The quantitative estimate of drug-likeness (QED) is 0.816. The van der Waals surface area contributed by atoms with E-state index in [1.165, 1.54) is 25.9 Å². The van der Waals surface area contributed by atoms with Gasteiger partial charge in [0.15, 0.2) is 0 Å². The molecule has 3 rings (SSSR count). The Morgan fingerprint density at radius 1 is 1.24 bits per heavy atom. The predicted molar refractivity (Wildman–Crippen MR) is 63.7 cm³/mol. The molecule has 0 radical (unpaired) electrons. The van der Waals surface area contributed by atoms with Crippen molar-refractivity contribution in [1.82, 2.24) is 19.7 Å². The van der Waals surface area contributed by atoms with E-state index in [4.69, 9.17) is 0 Å². The normalized spacial score (nSPS) is 25.1. The van der Waals surface area contributed by atoms with E-state index in [2.05, 4.69) is 19.7 Å². The highest BCUT2D eigenvalue weighted by Crippen LogP contribution is 2.16. The van der Waals surface area contributed by atoms with E-state index in [0.717, 1.165) is 37.5 Å². The van der Waals surface area contributed by atoms with Crippen LogP contribution in [0.5, 0.6) is 0 Å². The number of hydrogen-bond acceptors (Lipinski definition) is 4. The molecule has 0 saturated carbocycles. The standard InChI is InChI=1S/C12H20N4O/c17-10-3-4-11-13-14-12(16(11)9-10)5-8-15-6-1-2-7-15/h10,17H,1-9H2. The topological polar surface area (TPSA) is 54.2 Å². The summed E-state index contributed by atoms with van der Waals surface area (Å²) in [5, 5.41) is 18.2. The Balaban J connectivity index is 1.64.